The average Bonchev–Trinajstić information content (AvgIpc) is 0.761. The van der Waals surface area contributed by atoms with Crippen LogP contribution in [0.1, 0.15) is 150 Å². The molecule has 3 N–H and O–H groups in total. The van der Waals surface area contributed by atoms with Gasteiger partial charge in [0.05, 0.1) is 29.5 Å². The number of benzene rings is 5. The number of carbonyl (C=O) groups is 8. The smallest absolute Gasteiger partial charge is 0.407 e. The molecule has 19 nitrogen and oxygen atoms in total. The molecule has 5 aromatic rings. The third-order valence-electron chi connectivity index (χ3n) is 20.6. The van der Waals surface area contributed by atoms with Gasteiger partial charge in [-0.15, -0.1) is 0 Å². The van der Waals surface area contributed by atoms with Crippen LogP contribution in [0.4, 0.5) is 4.79 Å². The maximum Gasteiger partial charge on any atom is 0.407 e. The van der Waals surface area contributed by atoms with Crippen LogP contribution < -0.4 is 10.6 Å². The van der Waals surface area contributed by atoms with Crippen molar-refractivity contribution in [2.75, 3.05) is 19.8 Å². The Kier molecular flexibility index (Phi) is 19.8. The largest absolute Gasteiger partial charge is 0.461 e. The fourth-order valence-electron chi connectivity index (χ4n) is 14.6. The number of esters is 5. The molecule has 0 radical (unpaired) electrons. The standard InChI is InChI=1S/C74H86N2O17Si/c1-44-55(89-68(83)62(93-94(10,11)70(4,5)6)60(47-28-16-12-17-29-47)76-66(81)48-30-18-13-19-31-48)41-74(85)65(91-67(82)49-32-20-14-21-33-49)63-72(9,64(80)61(88-45(2)77)59(44)71(74,7)8)56(40-57-73(63,43-87-57)92-46(3)78)90-58(79)38-22-15-27-39-75-69(84)86-42-54-52-36-25-23-34-50(52)51-35-24-26-37-53(51)54/h12-14,16-21,23-26,28-37,54-57,60-63,65,85H,15,22,27,38-43H2,1-11H3,(H,75,84)(H,76,81)/t55-,56?,57+,60?,61+,62+,63?,65-,72+,73-,74+/m0/s1. The van der Waals surface area contributed by atoms with E-state index in [0.717, 1.165) is 29.2 Å². The number of rotatable bonds is 21. The summed E-state index contributed by atoms with van der Waals surface area (Å²) in [5.41, 5.74) is -2.81. The Balaban J connectivity index is 0.985. The van der Waals surface area contributed by atoms with Crippen molar-refractivity contribution in [3.63, 3.8) is 0 Å². The number of aliphatic hydroxyl groups is 1. The highest BCUT2D eigenvalue weighted by Gasteiger charge is 2.79. The van der Waals surface area contributed by atoms with E-state index in [0.29, 0.717) is 30.4 Å². The SMILES string of the molecule is CC(=O)O[C@H]1C(=O)[C@]2(C)C(OC(=O)CCCCCNC(=O)OCC3c4ccccc4-c4ccccc43)C[C@H]3OC[C@@]3(OC(C)=O)C2[C@H](OC(=O)c2ccccc2)[C@]2(O)C[C@H](OC(=O)[C@H](O[Si](C)(C)C(C)(C)C)C(NC(=O)c3ccccc3)c3ccccc3)C(C)=C1C2(C)C. The van der Waals surface area contributed by atoms with Gasteiger partial charge < -0.3 is 53.3 Å². The molecular weight excluding hydrogens is 1220 g/mol. The zero-order valence-electron chi connectivity index (χ0n) is 55.3. The molecule has 1 saturated heterocycles. The number of Topliss-reactive ketones (excluding diaryl/α,β-unsaturated/α-hetero) is 1. The van der Waals surface area contributed by atoms with Gasteiger partial charge in [-0.2, -0.15) is 0 Å². The van der Waals surface area contributed by atoms with Gasteiger partial charge in [-0.3, -0.25) is 24.0 Å². The summed E-state index contributed by atoms with van der Waals surface area (Å²) in [4.78, 5) is 117. The molecule has 94 heavy (non-hydrogen) atoms. The summed E-state index contributed by atoms with van der Waals surface area (Å²) < 4.78 is 51.6. The monoisotopic (exact) mass is 1300 g/mol. The molecule has 498 valence electrons. The van der Waals surface area contributed by atoms with E-state index in [9.17, 15) is 29.1 Å². The normalized spacial score (nSPS) is 25.7. The quantitative estimate of drug-likeness (QED) is 0.0203. The Labute approximate surface area is 550 Å². The number of hydrogen-bond acceptors (Lipinski definition) is 17. The number of ether oxygens (including phenoxy) is 7. The zero-order valence-corrected chi connectivity index (χ0v) is 56.3. The van der Waals surface area contributed by atoms with Gasteiger partial charge in [-0.25, -0.2) is 14.4 Å². The summed E-state index contributed by atoms with van der Waals surface area (Å²) >= 11 is 0. The Morgan fingerprint density at radius 3 is 1.88 bits per heavy atom. The van der Waals surface area contributed by atoms with Crippen molar-refractivity contribution in [3.8, 4) is 11.1 Å². The summed E-state index contributed by atoms with van der Waals surface area (Å²) in [5, 5.41) is 19.9. The molecule has 2 saturated carbocycles. The van der Waals surface area contributed by atoms with Crippen LogP contribution in [-0.2, 0) is 61.6 Å². The van der Waals surface area contributed by atoms with Crippen molar-refractivity contribution < 1.29 is 81.0 Å². The van der Waals surface area contributed by atoms with Gasteiger partial charge in [0.1, 0.15) is 36.6 Å². The Morgan fingerprint density at radius 1 is 0.723 bits per heavy atom. The van der Waals surface area contributed by atoms with Gasteiger partial charge in [0.15, 0.2) is 31.9 Å². The van der Waals surface area contributed by atoms with Crippen molar-refractivity contribution in [1.29, 1.82) is 0 Å². The van der Waals surface area contributed by atoms with Crippen molar-refractivity contribution in [1.82, 2.24) is 10.6 Å². The molecule has 3 unspecified atom stereocenters. The summed E-state index contributed by atoms with van der Waals surface area (Å²) in [6.07, 6.45) is -9.74. The minimum absolute atomic E-state index is 0.00354. The predicted molar refractivity (Wildman–Crippen MR) is 349 cm³/mol. The summed E-state index contributed by atoms with van der Waals surface area (Å²) in [6, 6.07) is 40.2. The molecule has 5 aliphatic rings. The first-order valence-corrected chi connectivity index (χ1v) is 35.2. The van der Waals surface area contributed by atoms with E-state index < -0.39 is 138 Å². The fourth-order valence-corrected chi connectivity index (χ4v) is 15.8. The number of carbonyl (C=O) groups excluding carboxylic acids is 8. The number of fused-ring (bicyclic) bond motifs is 8. The van der Waals surface area contributed by atoms with Crippen LogP contribution in [0.2, 0.25) is 18.1 Å². The Hall–Kier alpha value is -8.30. The van der Waals surface area contributed by atoms with E-state index in [4.69, 9.17) is 37.6 Å². The van der Waals surface area contributed by atoms with Gasteiger partial charge in [0, 0.05) is 56.6 Å². The van der Waals surface area contributed by atoms with E-state index >= 15 is 14.4 Å². The van der Waals surface area contributed by atoms with Crippen molar-refractivity contribution in [2.24, 2.45) is 16.7 Å². The molecule has 11 atom stereocenters. The minimum Gasteiger partial charge on any atom is -0.461 e. The highest BCUT2D eigenvalue weighted by atomic mass is 28.4. The van der Waals surface area contributed by atoms with E-state index in [1.807, 2.05) is 70.3 Å². The first kappa shape index (κ1) is 68.6. The molecule has 3 fully saturated rings. The third kappa shape index (κ3) is 13.1. The van der Waals surface area contributed by atoms with Gasteiger partial charge in [0.2, 0.25) is 0 Å². The number of ketones is 1. The lowest BCUT2D eigenvalue weighted by Crippen LogP contribution is -2.82. The molecule has 10 rings (SSSR count). The number of amides is 2. The Morgan fingerprint density at radius 2 is 1.31 bits per heavy atom. The molecule has 0 aromatic heterocycles. The predicted octanol–water partition coefficient (Wildman–Crippen LogP) is 11.4. The van der Waals surface area contributed by atoms with Gasteiger partial charge in [-0.1, -0.05) is 156 Å². The van der Waals surface area contributed by atoms with Crippen molar-refractivity contribution >= 4 is 55.9 Å². The van der Waals surface area contributed by atoms with Crippen LogP contribution in [-0.4, -0.2) is 129 Å². The fraction of sp³-hybridized carbons (Fsp3) is 0.459. The summed E-state index contributed by atoms with van der Waals surface area (Å²) in [7, 11) is -3.01. The molecule has 1 heterocycles. The number of alkyl carbamates (subject to hydrolysis) is 1. The lowest BCUT2D eigenvalue weighted by Gasteiger charge is -2.67. The molecule has 20 heteroatoms. The lowest BCUT2D eigenvalue weighted by atomic mass is 9.44. The van der Waals surface area contributed by atoms with Crippen LogP contribution >= 0.6 is 0 Å². The highest BCUT2D eigenvalue weighted by molar-refractivity contribution is 6.74. The Bertz CT molecular complexity index is 3670. The van der Waals surface area contributed by atoms with Gasteiger partial charge in [-0.05, 0) is 108 Å². The summed E-state index contributed by atoms with van der Waals surface area (Å²) in [5.74, 6) is -7.49. The molecule has 5 aromatic carbocycles. The van der Waals surface area contributed by atoms with Crippen LogP contribution in [0.25, 0.3) is 11.1 Å². The first-order valence-electron chi connectivity index (χ1n) is 32.3. The van der Waals surface area contributed by atoms with Crippen LogP contribution in [0.15, 0.2) is 151 Å². The molecule has 4 aliphatic carbocycles. The summed E-state index contributed by atoms with van der Waals surface area (Å²) in [6.45, 7) is 18.5. The maximum absolute atomic E-state index is 16.7. The average molecular weight is 1300 g/mol. The minimum atomic E-state index is -3.01. The highest BCUT2D eigenvalue weighted by Crippen LogP contribution is 2.65. The number of unbranched alkanes of at least 4 members (excludes halogenated alkanes) is 2. The van der Waals surface area contributed by atoms with E-state index in [1.54, 1.807) is 99.6 Å². The maximum atomic E-state index is 16.7. The third-order valence-corrected chi connectivity index (χ3v) is 25.1. The second kappa shape index (κ2) is 27.2. The number of nitrogens with one attached hydrogen (secondary N) is 2. The van der Waals surface area contributed by atoms with Crippen LogP contribution in [0.3, 0.4) is 0 Å². The molecule has 2 amide bonds. The second-order valence-electron chi connectivity index (χ2n) is 27.7. The van der Waals surface area contributed by atoms with Gasteiger partial charge in [0.25, 0.3) is 5.91 Å². The molecular formula is C74H86N2O17Si. The molecule has 2 bridgehead atoms. The van der Waals surface area contributed by atoms with Crippen LogP contribution in [0, 0.1) is 16.7 Å². The topological polar surface area (TPSA) is 255 Å². The van der Waals surface area contributed by atoms with E-state index in [1.165, 1.54) is 26.0 Å². The van der Waals surface area contributed by atoms with Gasteiger partial charge >= 0.3 is 35.9 Å². The second-order valence-corrected chi connectivity index (χ2v) is 32.5. The molecule has 1 aliphatic heterocycles. The molecule has 0 spiro atoms. The zero-order chi connectivity index (χ0) is 67.7. The van der Waals surface area contributed by atoms with Crippen molar-refractivity contribution in [3.05, 3.63) is 178 Å². The van der Waals surface area contributed by atoms with E-state index in [2.05, 4.69) is 22.8 Å². The first-order chi connectivity index (χ1) is 44.5. The lowest BCUT2D eigenvalue weighted by molar-refractivity contribution is -0.346. The van der Waals surface area contributed by atoms with Crippen LogP contribution in [0.5, 0.6) is 0 Å². The van der Waals surface area contributed by atoms with E-state index in [-0.39, 0.29) is 55.2 Å². The van der Waals surface area contributed by atoms with Crippen molar-refractivity contribution in [2.45, 2.75) is 179 Å². The number of hydrogen-bond donors (Lipinski definition) is 3.